The zero-order chi connectivity index (χ0) is 17.6. The summed E-state index contributed by atoms with van der Waals surface area (Å²) in [4.78, 5) is 28.7. The Morgan fingerprint density at radius 3 is 2.72 bits per heavy atom. The average Bonchev–Trinajstić information content (AvgIpc) is 3.29. The first-order chi connectivity index (χ1) is 12.1. The van der Waals surface area contributed by atoms with Crippen molar-refractivity contribution in [2.45, 2.75) is 6.61 Å². The molecule has 25 heavy (non-hydrogen) atoms. The third kappa shape index (κ3) is 4.88. The third-order valence-electron chi connectivity index (χ3n) is 3.05. The van der Waals surface area contributed by atoms with Crippen molar-refractivity contribution in [2.24, 2.45) is 0 Å². The smallest absolute Gasteiger partial charge is 0.279 e. The van der Waals surface area contributed by atoms with Crippen molar-refractivity contribution in [3.8, 4) is 5.75 Å². The Morgan fingerprint density at radius 1 is 1.16 bits per heavy atom. The van der Waals surface area contributed by atoms with E-state index < -0.39 is 5.91 Å². The van der Waals surface area contributed by atoms with Crippen molar-refractivity contribution in [2.75, 3.05) is 0 Å². The van der Waals surface area contributed by atoms with Gasteiger partial charge in [0.25, 0.3) is 11.8 Å². The molecule has 3 aromatic rings. The van der Waals surface area contributed by atoms with Gasteiger partial charge in [-0.25, -0.2) is 4.98 Å². The second-order valence-electron chi connectivity index (χ2n) is 4.81. The van der Waals surface area contributed by atoms with Crippen LogP contribution in [0.3, 0.4) is 0 Å². The van der Waals surface area contributed by atoms with Crippen LogP contribution in [-0.4, -0.2) is 16.8 Å². The summed E-state index contributed by atoms with van der Waals surface area (Å²) in [6, 6.07) is 10.1. The fourth-order valence-electron chi connectivity index (χ4n) is 1.88. The van der Waals surface area contributed by atoms with Crippen LogP contribution in [0.4, 0.5) is 0 Å². The lowest BCUT2D eigenvalue weighted by molar-refractivity contribution is 0.0848. The minimum Gasteiger partial charge on any atom is -0.487 e. The molecule has 0 radical (unpaired) electrons. The molecule has 1 aromatic carbocycles. The van der Waals surface area contributed by atoms with Crippen LogP contribution in [0.2, 0.25) is 0 Å². The summed E-state index contributed by atoms with van der Waals surface area (Å²) in [6.07, 6.45) is 0. The zero-order valence-electron chi connectivity index (χ0n) is 12.7. The largest absolute Gasteiger partial charge is 0.487 e. The van der Waals surface area contributed by atoms with Gasteiger partial charge in [-0.3, -0.25) is 20.4 Å². The van der Waals surface area contributed by atoms with Gasteiger partial charge in [-0.05, 0) is 46.3 Å². The van der Waals surface area contributed by atoms with E-state index in [2.05, 4.69) is 31.8 Å². The lowest BCUT2D eigenvalue weighted by atomic mass is 10.2. The van der Waals surface area contributed by atoms with E-state index in [0.717, 1.165) is 9.48 Å². The molecule has 6 nitrogen and oxygen atoms in total. The van der Waals surface area contributed by atoms with Gasteiger partial charge in [-0.2, -0.15) is 0 Å². The molecule has 0 aliphatic carbocycles. The molecule has 9 heteroatoms. The Bertz CT molecular complexity index is 880. The molecule has 3 rings (SSSR count). The molecule has 0 atom stereocenters. The molecule has 128 valence electrons. The molecule has 0 aliphatic heterocycles. The molecule has 0 saturated carbocycles. The van der Waals surface area contributed by atoms with Gasteiger partial charge in [0, 0.05) is 10.9 Å². The van der Waals surface area contributed by atoms with Crippen LogP contribution < -0.4 is 15.6 Å². The summed E-state index contributed by atoms with van der Waals surface area (Å²) in [5, 5.41) is 1.90. The number of amides is 2. The number of aromatic nitrogens is 1. The van der Waals surface area contributed by atoms with E-state index in [-0.39, 0.29) is 5.91 Å². The highest BCUT2D eigenvalue weighted by Crippen LogP contribution is 2.21. The number of carbonyl (C=O) groups excluding carboxylic acids is 2. The maximum Gasteiger partial charge on any atom is 0.279 e. The molecule has 0 bridgehead atoms. The minimum absolute atomic E-state index is 0.332. The fourth-order valence-corrected chi connectivity index (χ4v) is 3.70. The van der Waals surface area contributed by atoms with Crippen LogP contribution in [0.1, 0.15) is 25.7 Å². The first-order valence-corrected chi connectivity index (χ1v) is 9.63. The summed E-state index contributed by atoms with van der Waals surface area (Å²) < 4.78 is 6.45. The summed E-state index contributed by atoms with van der Waals surface area (Å²) in [5.41, 5.74) is 7.72. The van der Waals surface area contributed by atoms with E-state index in [0.29, 0.717) is 22.8 Å². The number of nitrogens with one attached hydrogen (secondary N) is 2. The highest BCUT2D eigenvalue weighted by Gasteiger charge is 2.11. The van der Waals surface area contributed by atoms with Crippen LogP contribution in [0.5, 0.6) is 5.75 Å². The molecule has 0 aliphatic rings. The highest BCUT2D eigenvalue weighted by atomic mass is 79.9. The Morgan fingerprint density at radius 2 is 2.00 bits per heavy atom. The first-order valence-electron chi connectivity index (χ1n) is 7.08. The van der Waals surface area contributed by atoms with Crippen molar-refractivity contribution in [3.05, 3.63) is 67.2 Å². The number of hydrogen-bond donors (Lipinski definition) is 2. The first kappa shape index (κ1) is 17.6. The number of thiazole rings is 1. The predicted molar refractivity (Wildman–Crippen MR) is 99.8 cm³/mol. The lowest BCUT2D eigenvalue weighted by Gasteiger charge is -2.08. The maximum absolute atomic E-state index is 12.2. The molecule has 0 fully saturated rings. The van der Waals surface area contributed by atoms with Crippen molar-refractivity contribution in [1.29, 1.82) is 0 Å². The molecular weight excluding hydrogens is 426 g/mol. The Kier molecular flexibility index (Phi) is 5.79. The predicted octanol–water partition coefficient (Wildman–Crippen LogP) is 3.62. The van der Waals surface area contributed by atoms with Crippen molar-refractivity contribution in [3.63, 3.8) is 0 Å². The van der Waals surface area contributed by atoms with Gasteiger partial charge in [0.1, 0.15) is 12.4 Å². The third-order valence-corrected chi connectivity index (χ3v) is 5.31. The Labute approximate surface area is 160 Å². The summed E-state index contributed by atoms with van der Waals surface area (Å²) in [5.74, 6) is -0.253. The SMILES string of the molecule is O=C(NNC(=O)c1ccc(Br)s1)c1cccc(OCc2cscn2)c1. The van der Waals surface area contributed by atoms with Gasteiger partial charge in [0.05, 0.1) is 19.9 Å². The van der Waals surface area contributed by atoms with Gasteiger partial charge in [0.15, 0.2) is 0 Å². The number of rotatable bonds is 5. The molecule has 2 aromatic heterocycles. The van der Waals surface area contributed by atoms with Crippen LogP contribution in [-0.2, 0) is 6.61 Å². The molecule has 2 heterocycles. The van der Waals surface area contributed by atoms with Gasteiger partial charge in [-0.1, -0.05) is 6.07 Å². The normalized spacial score (nSPS) is 10.3. The van der Waals surface area contributed by atoms with Gasteiger partial charge in [-0.15, -0.1) is 22.7 Å². The van der Waals surface area contributed by atoms with E-state index >= 15 is 0 Å². The average molecular weight is 438 g/mol. The van der Waals surface area contributed by atoms with Crippen molar-refractivity contribution < 1.29 is 14.3 Å². The highest BCUT2D eigenvalue weighted by molar-refractivity contribution is 9.11. The van der Waals surface area contributed by atoms with Gasteiger partial charge in [0.2, 0.25) is 0 Å². The lowest BCUT2D eigenvalue weighted by Crippen LogP contribution is -2.41. The number of ether oxygens (including phenoxy) is 1. The van der Waals surface area contributed by atoms with E-state index in [1.807, 2.05) is 5.38 Å². The number of benzene rings is 1. The van der Waals surface area contributed by atoms with Gasteiger partial charge >= 0.3 is 0 Å². The molecule has 0 unspecified atom stereocenters. The Hall–Kier alpha value is -2.23. The quantitative estimate of drug-likeness (QED) is 0.597. The molecule has 2 amide bonds. The van der Waals surface area contributed by atoms with Crippen LogP contribution in [0.15, 0.2) is 51.1 Å². The number of halogens is 1. The van der Waals surface area contributed by atoms with Crippen LogP contribution in [0.25, 0.3) is 0 Å². The molecule has 0 saturated heterocycles. The van der Waals surface area contributed by atoms with Gasteiger partial charge < -0.3 is 4.74 Å². The summed E-state index contributed by atoms with van der Waals surface area (Å²) in [6.45, 7) is 0.332. The van der Waals surface area contributed by atoms with E-state index in [4.69, 9.17) is 4.74 Å². The second-order valence-corrected chi connectivity index (χ2v) is 7.99. The summed E-state index contributed by atoms with van der Waals surface area (Å²) in [7, 11) is 0. The van der Waals surface area contributed by atoms with Crippen LogP contribution >= 0.6 is 38.6 Å². The number of nitrogens with zero attached hydrogens (tertiary/aromatic N) is 1. The summed E-state index contributed by atoms with van der Waals surface area (Å²) >= 11 is 6.06. The second kappa shape index (κ2) is 8.24. The van der Waals surface area contributed by atoms with E-state index in [9.17, 15) is 9.59 Å². The van der Waals surface area contributed by atoms with E-state index in [1.54, 1.807) is 41.9 Å². The van der Waals surface area contributed by atoms with E-state index in [1.165, 1.54) is 22.7 Å². The van der Waals surface area contributed by atoms with Crippen LogP contribution in [0, 0.1) is 0 Å². The van der Waals surface area contributed by atoms with Crippen molar-refractivity contribution in [1.82, 2.24) is 15.8 Å². The maximum atomic E-state index is 12.2. The fraction of sp³-hybridized carbons (Fsp3) is 0.0625. The van der Waals surface area contributed by atoms with Crippen molar-refractivity contribution >= 4 is 50.4 Å². The zero-order valence-corrected chi connectivity index (χ0v) is 15.9. The number of hydrazine groups is 1. The number of hydrogen-bond acceptors (Lipinski definition) is 6. The monoisotopic (exact) mass is 437 g/mol. The topological polar surface area (TPSA) is 80.3 Å². The number of carbonyl (C=O) groups is 2. The standard InChI is InChI=1S/C16H12BrN3O3S2/c17-14-5-4-13(25-14)16(22)20-19-15(21)10-2-1-3-12(6-10)23-7-11-8-24-9-18-11/h1-6,8-9H,7H2,(H,19,21)(H,20,22). The Balaban J connectivity index is 1.56. The molecule has 2 N–H and O–H groups in total. The molecular formula is C16H12BrN3O3S2. The molecule has 0 spiro atoms. The number of thiophene rings is 1. The minimum atomic E-state index is -0.428.